The highest BCUT2D eigenvalue weighted by Gasteiger charge is 2.33. The Morgan fingerprint density at radius 2 is 2.20 bits per heavy atom. The van der Waals surface area contributed by atoms with Crippen molar-refractivity contribution in [3.8, 4) is 0 Å². The van der Waals surface area contributed by atoms with E-state index in [1.807, 2.05) is 0 Å². The van der Waals surface area contributed by atoms with Crippen LogP contribution in [-0.4, -0.2) is 10.9 Å². The first kappa shape index (κ1) is 7.32. The van der Waals surface area contributed by atoms with E-state index in [9.17, 15) is 9.90 Å². The lowest BCUT2D eigenvalue weighted by molar-refractivity contribution is -0.127. The minimum atomic E-state index is -0.627. The van der Waals surface area contributed by atoms with Crippen LogP contribution in [0.4, 0.5) is 0 Å². The third kappa shape index (κ3) is 0.939. The van der Waals surface area contributed by atoms with E-state index < -0.39 is 5.41 Å². The molecule has 0 bridgehead atoms. The summed E-state index contributed by atoms with van der Waals surface area (Å²) in [5, 5.41) is 9.25. The number of hydrogen-bond acceptors (Lipinski definition) is 2. The zero-order valence-electron chi connectivity index (χ0n) is 6.35. The van der Waals surface area contributed by atoms with Crippen LogP contribution < -0.4 is 0 Å². The van der Waals surface area contributed by atoms with Crippen LogP contribution in [0, 0.1) is 5.41 Å². The Kier molecular flexibility index (Phi) is 1.55. The fourth-order valence-corrected chi connectivity index (χ4v) is 1.05. The summed E-state index contributed by atoms with van der Waals surface area (Å²) in [4.78, 5) is 11.1. The first-order valence-corrected chi connectivity index (χ1v) is 3.48. The molecule has 0 saturated heterocycles. The van der Waals surface area contributed by atoms with Crippen LogP contribution in [0.25, 0.3) is 0 Å². The molecule has 0 radical (unpaired) electrons. The number of aliphatic hydroxyl groups excluding tert-OH is 1. The Labute approximate surface area is 60.6 Å². The lowest BCUT2D eigenvalue weighted by Crippen LogP contribution is -2.28. The minimum absolute atomic E-state index is 0.132. The van der Waals surface area contributed by atoms with E-state index in [-0.39, 0.29) is 11.5 Å². The molecule has 0 fully saturated rings. The molecule has 0 unspecified atom stereocenters. The molecule has 0 aromatic rings. The molecule has 1 rings (SSSR count). The first-order valence-electron chi connectivity index (χ1n) is 3.48. The molecule has 10 heavy (non-hydrogen) atoms. The van der Waals surface area contributed by atoms with Crippen molar-refractivity contribution in [2.75, 3.05) is 0 Å². The summed E-state index contributed by atoms with van der Waals surface area (Å²) in [5.41, 5.74) is -0.627. The number of hydrogen-bond donors (Lipinski definition) is 1. The molecule has 1 aliphatic carbocycles. The molecule has 2 heteroatoms. The molecule has 0 aromatic carbocycles. The number of Topliss-reactive ketones (excluding diaryl/α,β-unsaturated/α-hetero) is 1. The Morgan fingerprint density at radius 3 is 2.60 bits per heavy atom. The highest BCUT2D eigenvalue weighted by molar-refractivity contribution is 5.87. The Morgan fingerprint density at radius 1 is 1.60 bits per heavy atom. The third-order valence-corrected chi connectivity index (χ3v) is 2.05. The van der Waals surface area contributed by atoms with Crippen LogP contribution in [0.3, 0.4) is 0 Å². The predicted molar refractivity (Wildman–Crippen MR) is 38.7 cm³/mol. The molecule has 0 saturated carbocycles. The Balaban J connectivity index is 2.95. The van der Waals surface area contributed by atoms with Gasteiger partial charge in [-0.15, -0.1) is 0 Å². The molecule has 2 nitrogen and oxygen atoms in total. The summed E-state index contributed by atoms with van der Waals surface area (Å²) in [6, 6.07) is 0. The number of aliphatic hydroxyl groups is 1. The van der Waals surface area contributed by atoms with Crippen LogP contribution in [0.2, 0.25) is 0 Å². The third-order valence-electron chi connectivity index (χ3n) is 2.05. The minimum Gasteiger partial charge on any atom is -0.512 e. The van der Waals surface area contributed by atoms with Gasteiger partial charge in [-0.2, -0.15) is 0 Å². The van der Waals surface area contributed by atoms with Crippen LogP contribution in [0.1, 0.15) is 26.7 Å². The van der Waals surface area contributed by atoms with Crippen molar-refractivity contribution >= 4 is 5.78 Å². The zero-order valence-corrected chi connectivity index (χ0v) is 6.35. The number of rotatable bonds is 0. The van der Waals surface area contributed by atoms with Gasteiger partial charge in [0.25, 0.3) is 0 Å². The van der Waals surface area contributed by atoms with Crippen molar-refractivity contribution in [1.29, 1.82) is 0 Å². The van der Waals surface area contributed by atoms with Crippen molar-refractivity contribution in [3.63, 3.8) is 0 Å². The van der Waals surface area contributed by atoms with E-state index in [1.165, 1.54) is 0 Å². The molecule has 0 atom stereocenters. The summed E-state index contributed by atoms with van der Waals surface area (Å²) in [7, 11) is 0. The molecule has 0 aliphatic heterocycles. The Hall–Kier alpha value is -0.790. The van der Waals surface area contributed by atoms with Gasteiger partial charge < -0.3 is 5.11 Å². The van der Waals surface area contributed by atoms with Gasteiger partial charge in [0.1, 0.15) is 11.5 Å². The van der Waals surface area contributed by atoms with Crippen LogP contribution in [0.15, 0.2) is 11.8 Å². The molecule has 1 N–H and O–H groups in total. The quantitative estimate of drug-likeness (QED) is 0.557. The summed E-state index contributed by atoms with van der Waals surface area (Å²) in [6.07, 6.45) is 2.98. The van der Waals surface area contributed by atoms with Gasteiger partial charge in [0, 0.05) is 6.42 Å². The first-order chi connectivity index (χ1) is 4.55. The van der Waals surface area contributed by atoms with Gasteiger partial charge in [-0.1, -0.05) is 0 Å². The van der Waals surface area contributed by atoms with Crippen molar-refractivity contribution in [2.45, 2.75) is 26.7 Å². The highest BCUT2D eigenvalue weighted by atomic mass is 16.3. The number of carbonyl (C=O) groups is 1. The maximum atomic E-state index is 11.1. The van der Waals surface area contributed by atoms with E-state index in [0.717, 1.165) is 0 Å². The zero-order chi connectivity index (χ0) is 7.78. The van der Waals surface area contributed by atoms with Gasteiger partial charge in [0.05, 0.1) is 5.41 Å². The van der Waals surface area contributed by atoms with Crippen LogP contribution in [0.5, 0.6) is 0 Å². The fraction of sp³-hybridized carbons (Fsp3) is 0.625. The maximum absolute atomic E-state index is 11.1. The topological polar surface area (TPSA) is 37.3 Å². The van der Waals surface area contributed by atoms with Gasteiger partial charge in [0.2, 0.25) is 0 Å². The smallest absolute Gasteiger partial charge is 0.146 e. The average molecular weight is 140 g/mol. The van der Waals surface area contributed by atoms with Crippen LogP contribution in [-0.2, 0) is 4.79 Å². The van der Waals surface area contributed by atoms with Gasteiger partial charge in [-0.05, 0) is 26.3 Å². The van der Waals surface area contributed by atoms with Crippen molar-refractivity contribution in [2.24, 2.45) is 5.41 Å². The van der Waals surface area contributed by atoms with Crippen LogP contribution >= 0.6 is 0 Å². The number of allylic oxidation sites excluding steroid dienone is 2. The largest absolute Gasteiger partial charge is 0.512 e. The highest BCUT2D eigenvalue weighted by Crippen LogP contribution is 2.31. The second-order valence-electron chi connectivity index (χ2n) is 3.18. The van der Waals surface area contributed by atoms with Gasteiger partial charge in [-0.3, -0.25) is 4.79 Å². The monoisotopic (exact) mass is 140 g/mol. The lowest BCUT2D eigenvalue weighted by atomic mass is 9.80. The number of carbonyl (C=O) groups excluding carboxylic acids is 1. The Bertz CT molecular complexity index is 189. The van der Waals surface area contributed by atoms with Gasteiger partial charge >= 0.3 is 0 Å². The molecule has 0 heterocycles. The van der Waals surface area contributed by atoms with Gasteiger partial charge in [-0.25, -0.2) is 0 Å². The molecule has 56 valence electrons. The summed E-state index contributed by atoms with van der Waals surface area (Å²) in [5.74, 6) is 0.358. The average Bonchev–Trinajstić information content (AvgIpc) is 1.84. The molecule has 1 aliphatic rings. The molecule has 0 amide bonds. The molecule has 0 spiro atoms. The van der Waals surface area contributed by atoms with E-state index in [2.05, 4.69) is 0 Å². The van der Waals surface area contributed by atoms with E-state index >= 15 is 0 Å². The standard InChI is InChI=1S/C8H12O2/c1-8(2)6(9)4-3-5-7(8)10/h4,9H,3,5H2,1-2H3. The van der Waals surface area contributed by atoms with E-state index in [1.54, 1.807) is 19.9 Å². The maximum Gasteiger partial charge on any atom is 0.146 e. The SMILES string of the molecule is CC1(C)C(=O)CCC=C1O. The molecular weight excluding hydrogens is 128 g/mol. The van der Waals surface area contributed by atoms with E-state index in [0.29, 0.717) is 12.8 Å². The fourth-order valence-electron chi connectivity index (χ4n) is 1.05. The van der Waals surface area contributed by atoms with Gasteiger partial charge in [0.15, 0.2) is 0 Å². The van der Waals surface area contributed by atoms with E-state index in [4.69, 9.17) is 0 Å². The second-order valence-corrected chi connectivity index (χ2v) is 3.18. The number of ketones is 1. The molecular formula is C8H12O2. The summed E-state index contributed by atoms with van der Waals surface area (Å²) >= 11 is 0. The lowest BCUT2D eigenvalue weighted by Gasteiger charge is -2.25. The summed E-state index contributed by atoms with van der Waals surface area (Å²) in [6.45, 7) is 3.50. The predicted octanol–water partition coefficient (Wildman–Crippen LogP) is 1.82. The summed E-state index contributed by atoms with van der Waals surface area (Å²) < 4.78 is 0. The normalized spacial score (nSPS) is 24.2. The molecule has 0 aromatic heterocycles. The van der Waals surface area contributed by atoms with Crippen molar-refractivity contribution in [3.05, 3.63) is 11.8 Å². The van der Waals surface area contributed by atoms with Crippen molar-refractivity contribution < 1.29 is 9.90 Å². The van der Waals surface area contributed by atoms with Crippen molar-refractivity contribution in [1.82, 2.24) is 0 Å². The second kappa shape index (κ2) is 2.11.